The van der Waals surface area contributed by atoms with E-state index < -0.39 is 48.0 Å². The van der Waals surface area contributed by atoms with E-state index in [0.29, 0.717) is 0 Å². The van der Waals surface area contributed by atoms with Crippen molar-refractivity contribution in [2.45, 2.75) is 5.78 Å². The fourth-order valence-corrected chi connectivity index (χ4v) is 1.61. The van der Waals surface area contributed by atoms with Gasteiger partial charge in [0, 0.05) is 0 Å². The van der Waals surface area contributed by atoms with Crippen molar-refractivity contribution in [1.29, 1.82) is 0 Å². The monoisotopic (exact) mass is 277 g/mol. The van der Waals surface area contributed by atoms with Crippen molar-refractivity contribution in [3.8, 4) is 0 Å². The SMILES string of the molecule is NC(c1c(F)c(F)c(F)c(F)c1F)P(=O)(O)O. The van der Waals surface area contributed by atoms with E-state index in [1.54, 1.807) is 0 Å². The second-order valence-electron chi connectivity index (χ2n) is 3.02. The average molecular weight is 277 g/mol. The smallest absolute Gasteiger partial charge is 0.323 e. The average Bonchev–Trinajstić information content (AvgIpc) is 2.22. The lowest BCUT2D eigenvalue weighted by Crippen LogP contribution is -2.18. The molecule has 1 rings (SSSR count). The van der Waals surface area contributed by atoms with Crippen LogP contribution in [0.5, 0.6) is 0 Å². The summed E-state index contributed by atoms with van der Waals surface area (Å²) < 4.78 is 74.7. The normalized spacial score (nSPS) is 13.9. The zero-order chi connectivity index (χ0) is 13.5. The summed E-state index contributed by atoms with van der Waals surface area (Å²) in [6.45, 7) is 0. The van der Waals surface area contributed by atoms with E-state index >= 15 is 0 Å². The van der Waals surface area contributed by atoms with E-state index in [4.69, 9.17) is 15.5 Å². The zero-order valence-electron chi connectivity index (χ0n) is 7.79. The van der Waals surface area contributed by atoms with E-state index in [0.717, 1.165) is 0 Å². The summed E-state index contributed by atoms with van der Waals surface area (Å²) in [5, 5.41) is 0. The molecule has 0 aromatic heterocycles. The van der Waals surface area contributed by atoms with Gasteiger partial charge < -0.3 is 15.5 Å². The molecule has 1 aromatic rings. The maximum atomic E-state index is 13.0. The minimum atomic E-state index is -5.25. The Balaban J connectivity index is 3.61. The largest absolute Gasteiger partial charge is 0.346 e. The molecule has 17 heavy (non-hydrogen) atoms. The van der Waals surface area contributed by atoms with Crippen molar-refractivity contribution in [3.63, 3.8) is 0 Å². The maximum Gasteiger partial charge on any atom is 0.346 e. The summed E-state index contributed by atoms with van der Waals surface area (Å²) in [7, 11) is -5.25. The summed E-state index contributed by atoms with van der Waals surface area (Å²) in [4.78, 5) is 17.1. The summed E-state index contributed by atoms with van der Waals surface area (Å²) in [6.07, 6.45) is 0. The lowest BCUT2D eigenvalue weighted by atomic mass is 10.1. The quantitative estimate of drug-likeness (QED) is 0.331. The fraction of sp³-hybridized carbons (Fsp3) is 0.143. The van der Waals surface area contributed by atoms with Gasteiger partial charge in [0.1, 0.15) is 5.78 Å². The number of benzene rings is 1. The Morgan fingerprint density at radius 2 is 1.18 bits per heavy atom. The van der Waals surface area contributed by atoms with E-state index in [2.05, 4.69) is 0 Å². The first-order valence-corrected chi connectivity index (χ1v) is 5.59. The summed E-state index contributed by atoms with van der Waals surface area (Å²) in [6, 6.07) is 0. The Labute approximate surface area is 91.0 Å². The summed E-state index contributed by atoms with van der Waals surface area (Å²) >= 11 is 0. The Morgan fingerprint density at radius 3 is 1.47 bits per heavy atom. The molecule has 0 amide bonds. The molecule has 4 N–H and O–H groups in total. The fourth-order valence-electron chi connectivity index (χ4n) is 1.05. The van der Waals surface area contributed by atoms with Gasteiger partial charge in [0.15, 0.2) is 23.3 Å². The van der Waals surface area contributed by atoms with Crippen LogP contribution in [0.25, 0.3) is 0 Å². The van der Waals surface area contributed by atoms with Gasteiger partial charge in [0.2, 0.25) is 5.82 Å². The van der Waals surface area contributed by atoms with Crippen LogP contribution in [0.1, 0.15) is 11.3 Å². The van der Waals surface area contributed by atoms with E-state index in [1.807, 2.05) is 0 Å². The van der Waals surface area contributed by atoms with Crippen LogP contribution in [0, 0.1) is 29.1 Å². The van der Waals surface area contributed by atoms with Crippen LogP contribution in [0.3, 0.4) is 0 Å². The molecule has 0 spiro atoms. The Kier molecular flexibility index (Phi) is 3.58. The highest BCUT2D eigenvalue weighted by Crippen LogP contribution is 2.49. The van der Waals surface area contributed by atoms with Crippen molar-refractivity contribution in [1.82, 2.24) is 0 Å². The van der Waals surface area contributed by atoms with Crippen LogP contribution in [0.2, 0.25) is 0 Å². The molecule has 0 saturated carbocycles. The Morgan fingerprint density at radius 1 is 0.882 bits per heavy atom. The molecule has 0 heterocycles. The second-order valence-corrected chi connectivity index (χ2v) is 4.75. The molecule has 1 unspecified atom stereocenters. The van der Waals surface area contributed by atoms with Crippen molar-refractivity contribution in [2.24, 2.45) is 5.73 Å². The molecule has 1 aromatic carbocycles. The third-order valence-electron chi connectivity index (χ3n) is 1.90. The highest BCUT2D eigenvalue weighted by molar-refractivity contribution is 7.52. The van der Waals surface area contributed by atoms with Crippen LogP contribution in [0.15, 0.2) is 0 Å². The number of hydrogen-bond acceptors (Lipinski definition) is 2. The molecule has 96 valence electrons. The lowest BCUT2D eigenvalue weighted by molar-refractivity contribution is 0.343. The van der Waals surface area contributed by atoms with Gasteiger partial charge in [-0.05, 0) is 0 Å². The summed E-state index contributed by atoms with van der Waals surface area (Å²) in [5.41, 5.74) is 3.02. The topological polar surface area (TPSA) is 83.6 Å². The van der Waals surface area contributed by atoms with E-state index in [1.165, 1.54) is 0 Å². The highest BCUT2D eigenvalue weighted by Gasteiger charge is 2.36. The highest BCUT2D eigenvalue weighted by atomic mass is 31.2. The standard InChI is InChI=1S/C7H5F5NO3P/c8-2-1(7(13)17(14,15)16)3(9)5(11)6(12)4(2)10/h7H,13H2,(H2,14,15,16). The minimum Gasteiger partial charge on any atom is -0.323 e. The first-order chi connectivity index (χ1) is 7.59. The predicted octanol–water partition coefficient (Wildman–Crippen LogP) is 1.52. The number of halogens is 5. The van der Waals surface area contributed by atoms with Gasteiger partial charge in [-0.2, -0.15) is 0 Å². The number of nitrogens with two attached hydrogens (primary N) is 1. The van der Waals surface area contributed by atoms with E-state index in [9.17, 15) is 26.5 Å². The molecular weight excluding hydrogens is 272 g/mol. The van der Waals surface area contributed by atoms with Crippen LogP contribution in [0.4, 0.5) is 22.0 Å². The molecular formula is C7H5F5NO3P. The molecule has 0 aliphatic heterocycles. The molecule has 0 aliphatic carbocycles. The van der Waals surface area contributed by atoms with Gasteiger partial charge in [-0.15, -0.1) is 0 Å². The lowest BCUT2D eigenvalue weighted by Gasteiger charge is -2.16. The zero-order valence-corrected chi connectivity index (χ0v) is 8.69. The molecule has 1 atom stereocenters. The molecule has 0 saturated heterocycles. The third kappa shape index (κ3) is 2.32. The second kappa shape index (κ2) is 4.34. The van der Waals surface area contributed by atoms with Gasteiger partial charge in [0.25, 0.3) is 0 Å². The third-order valence-corrected chi connectivity index (χ3v) is 2.88. The van der Waals surface area contributed by atoms with Crippen molar-refractivity contribution in [3.05, 3.63) is 34.6 Å². The van der Waals surface area contributed by atoms with E-state index in [-0.39, 0.29) is 0 Å². The number of rotatable bonds is 2. The number of hydrogen-bond donors (Lipinski definition) is 3. The van der Waals surface area contributed by atoms with Gasteiger partial charge in [-0.1, -0.05) is 0 Å². The molecule has 0 radical (unpaired) electrons. The van der Waals surface area contributed by atoms with Crippen LogP contribution in [-0.2, 0) is 4.57 Å². The molecule has 10 heteroatoms. The van der Waals surface area contributed by atoms with Crippen LogP contribution >= 0.6 is 7.60 Å². The predicted molar refractivity (Wildman–Crippen MR) is 45.2 cm³/mol. The first kappa shape index (κ1) is 14.0. The van der Waals surface area contributed by atoms with Crippen molar-refractivity contribution >= 4 is 7.60 Å². The maximum absolute atomic E-state index is 13.0. The van der Waals surface area contributed by atoms with Gasteiger partial charge in [-0.25, -0.2) is 22.0 Å². The van der Waals surface area contributed by atoms with Crippen molar-refractivity contribution in [2.75, 3.05) is 0 Å². The Hall–Kier alpha value is -1.02. The Bertz CT molecular complexity index is 488. The molecule has 0 aliphatic rings. The molecule has 0 fully saturated rings. The van der Waals surface area contributed by atoms with Crippen molar-refractivity contribution < 1.29 is 36.3 Å². The van der Waals surface area contributed by atoms with Crippen LogP contribution in [-0.4, -0.2) is 9.79 Å². The molecule has 0 bridgehead atoms. The molecule has 4 nitrogen and oxygen atoms in total. The van der Waals surface area contributed by atoms with Crippen LogP contribution < -0.4 is 5.73 Å². The van der Waals surface area contributed by atoms with Gasteiger partial charge in [-0.3, -0.25) is 4.57 Å². The minimum absolute atomic E-state index is 1.74. The van der Waals surface area contributed by atoms with Gasteiger partial charge >= 0.3 is 7.60 Å². The van der Waals surface area contributed by atoms with Gasteiger partial charge in [0.05, 0.1) is 5.56 Å². The summed E-state index contributed by atoms with van der Waals surface area (Å²) in [5.74, 6) is -14.4. The first-order valence-electron chi connectivity index (χ1n) is 3.91.